The van der Waals surface area contributed by atoms with Gasteiger partial charge >= 0.3 is 0 Å². The zero-order chi connectivity index (χ0) is 23.5. The van der Waals surface area contributed by atoms with Crippen molar-refractivity contribution in [1.29, 1.82) is 5.26 Å². The molecule has 0 spiro atoms. The predicted octanol–water partition coefficient (Wildman–Crippen LogP) is 5.19. The van der Waals surface area contributed by atoms with E-state index in [1.165, 1.54) is 17.7 Å². The maximum absolute atomic E-state index is 12.4. The van der Waals surface area contributed by atoms with E-state index >= 15 is 0 Å². The lowest BCUT2D eigenvalue weighted by atomic mass is 10.1. The highest BCUT2D eigenvalue weighted by Gasteiger charge is 2.12. The van der Waals surface area contributed by atoms with Gasteiger partial charge in [0.15, 0.2) is 11.5 Å². The number of hydrogen-bond donors (Lipinski definition) is 3. The van der Waals surface area contributed by atoms with Crippen LogP contribution in [0.3, 0.4) is 0 Å². The smallest absolute Gasteiger partial charge is 0.262 e. The van der Waals surface area contributed by atoms with Gasteiger partial charge < -0.3 is 15.5 Å². The van der Waals surface area contributed by atoms with E-state index in [4.69, 9.17) is 0 Å². The minimum absolute atomic E-state index is 0.0718. The van der Waals surface area contributed by atoms with Crippen LogP contribution < -0.4 is 5.32 Å². The number of nitriles is 1. The Morgan fingerprint density at radius 2 is 1.67 bits per heavy atom. The zero-order valence-electron chi connectivity index (χ0n) is 18.2. The molecule has 0 aliphatic heterocycles. The molecule has 168 valence electrons. The average Bonchev–Trinajstić information content (AvgIpc) is 2.84. The molecule has 3 aromatic rings. The minimum atomic E-state index is -0.495. The van der Waals surface area contributed by atoms with Crippen molar-refractivity contribution < 1.29 is 15.0 Å². The Kier molecular flexibility index (Phi) is 8.98. The van der Waals surface area contributed by atoms with Gasteiger partial charge in [0, 0.05) is 17.9 Å². The summed E-state index contributed by atoms with van der Waals surface area (Å²) in [6, 6.07) is 24.6. The molecular formula is C27H26N2O3S. The summed E-state index contributed by atoms with van der Waals surface area (Å²) >= 11 is 1.66. The molecule has 0 bridgehead atoms. The van der Waals surface area contributed by atoms with Gasteiger partial charge in [-0.25, -0.2) is 0 Å². The summed E-state index contributed by atoms with van der Waals surface area (Å²) < 4.78 is 0. The normalized spacial score (nSPS) is 11.1. The molecule has 0 atom stereocenters. The van der Waals surface area contributed by atoms with Crippen molar-refractivity contribution >= 4 is 23.7 Å². The van der Waals surface area contributed by atoms with Crippen molar-refractivity contribution in [1.82, 2.24) is 5.32 Å². The number of nitrogens with zero attached hydrogens (tertiary/aromatic N) is 1. The minimum Gasteiger partial charge on any atom is -0.504 e. The Bertz CT molecular complexity index is 1140. The van der Waals surface area contributed by atoms with Crippen molar-refractivity contribution in [2.24, 2.45) is 0 Å². The highest BCUT2D eigenvalue weighted by Crippen LogP contribution is 2.33. The molecule has 6 heteroatoms. The monoisotopic (exact) mass is 458 g/mol. The molecule has 0 radical (unpaired) electrons. The molecule has 1 amide bonds. The maximum Gasteiger partial charge on any atom is 0.262 e. The van der Waals surface area contributed by atoms with Crippen molar-refractivity contribution in [2.75, 3.05) is 5.75 Å². The van der Waals surface area contributed by atoms with E-state index in [9.17, 15) is 20.3 Å². The number of phenols is 2. The van der Waals surface area contributed by atoms with Gasteiger partial charge in [-0.15, -0.1) is 0 Å². The summed E-state index contributed by atoms with van der Waals surface area (Å²) in [5.74, 6) is 0.476. The fourth-order valence-electron chi connectivity index (χ4n) is 3.29. The first-order valence-electron chi connectivity index (χ1n) is 10.7. The summed E-state index contributed by atoms with van der Waals surface area (Å²) in [6.07, 6.45) is 3.40. The molecule has 3 N–H and O–H groups in total. The summed E-state index contributed by atoms with van der Waals surface area (Å²) in [7, 11) is 0. The van der Waals surface area contributed by atoms with Crippen molar-refractivity contribution in [3.63, 3.8) is 0 Å². The number of nitrogens with one attached hydrogen (secondary N) is 1. The topological polar surface area (TPSA) is 93.3 Å². The van der Waals surface area contributed by atoms with Crippen LogP contribution in [-0.2, 0) is 23.5 Å². The van der Waals surface area contributed by atoms with Crippen LogP contribution >= 0.6 is 11.8 Å². The van der Waals surface area contributed by atoms with E-state index < -0.39 is 5.91 Å². The fraction of sp³-hybridized carbons (Fsp3) is 0.185. The third-order valence-electron chi connectivity index (χ3n) is 5.02. The summed E-state index contributed by atoms with van der Waals surface area (Å²) in [5.41, 5.74) is 3.19. The molecule has 0 saturated heterocycles. The molecule has 0 fully saturated rings. The number of aromatic hydroxyl groups is 2. The summed E-state index contributed by atoms with van der Waals surface area (Å²) in [5, 5.41) is 32.5. The lowest BCUT2D eigenvalue weighted by Crippen LogP contribution is -2.23. The lowest BCUT2D eigenvalue weighted by Gasteiger charge is -2.09. The number of amides is 1. The Balaban J connectivity index is 1.60. The number of carbonyl (C=O) groups is 1. The van der Waals surface area contributed by atoms with E-state index in [1.807, 2.05) is 54.6 Å². The first-order chi connectivity index (χ1) is 16.1. The van der Waals surface area contributed by atoms with Gasteiger partial charge in [-0.3, -0.25) is 4.79 Å². The number of carbonyl (C=O) groups excluding carboxylic acids is 1. The molecule has 33 heavy (non-hydrogen) atoms. The first-order valence-corrected chi connectivity index (χ1v) is 11.8. The van der Waals surface area contributed by atoms with Crippen molar-refractivity contribution in [3.8, 4) is 17.6 Å². The Labute approximate surface area is 198 Å². The van der Waals surface area contributed by atoms with Crippen molar-refractivity contribution in [2.45, 2.75) is 25.1 Å². The number of rotatable bonds is 10. The summed E-state index contributed by atoms with van der Waals surface area (Å²) in [4.78, 5) is 12.4. The van der Waals surface area contributed by atoms with Gasteiger partial charge in [0.25, 0.3) is 5.91 Å². The van der Waals surface area contributed by atoms with Gasteiger partial charge in [0.1, 0.15) is 11.6 Å². The molecule has 0 aliphatic rings. The Hall–Kier alpha value is -3.69. The second-order valence-electron chi connectivity index (χ2n) is 7.53. The quantitative estimate of drug-likeness (QED) is 0.168. The first kappa shape index (κ1) is 24.0. The zero-order valence-corrected chi connectivity index (χ0v) is 19.0. The largest absolute Gasteiger partial charge is 0.504 e. The molecule has 0 unspecified atom stereocenters. The van der Waals surface area contributed by atoms with Gasteiger partial charge in [0.05, 0.1) is 0 Å². The van der Waals surface area contributed by atoms with Crippen LogP contribution in [0.5, 0.6) is 11.5 Å². The molecule has 0 aliphatic carbocycles. The third-order valence-corrected chi connectivity index (χ3v) is 6.11. The molecule has 0 saturated carbocycles. The molecule has 5 nitrogen and oxygen atoms in total. The Morgan fingerprint density at radius 3 is 2.33 bits per heavy atom. The van der Waals surface area contributed by atoms with Crippen LogP contribution in [-0.4, -0.2) is 21.9 Å². The van der Waals surface area contributed by atoms with E-state index in [2.05, 4.69) is 17.4 Å². The van der Waals surface area contributed by atoms with E-state index in [0.717, 1.165) is 24.2 Å². The average molecular weight is 459 g/mol. The van der Waals surface area contributed by atoms with Crippen LogP contribution in [0, 0.1) is 11.3 Å². The van der Waals surface area contributed by atoms with Gasteiger partial charge in [0.2, 0.25) is 0 Å². The molecule has 3 aromatic carbocycles. The second-order valence-corrected chi connectivity index (χ2v) is 8.63. The number of benzene rings is 3. The SMILES string of the molecule is N#CC(=Cc1cc(O)c(O)c(CSCCCc2ccccc2)c1)C(=O)NCc1ccccc1. The number of hydrogen-bond acceptors (Lipinski definition) is 5. The van der Waals surface area contributed by atoms with Crippen molar-refractivity contribution in [3.05, 3.63) is 101 Å². The molecule has 3 rings (SSSR count). The molecule has 0 aromatic heterocycles. The lowest BCUT2D eigenvalue weighted by molar-refractivity contribution is -0.117. The predicted molar refractivity (Wildman–Crippen MR) is 133 cm³/mol. The van der Waals surface area contributed by atoms with E-state index in [0.29, 0.717) is 23.4 Å². The van der Waals surface area contributed by atoms with Gasteiger partial charge in [-0.1, -0.05) is 60.7 Å². The van der Waals surface area contributed by atoms with Crippen LogP contribution in [0.25, 0.3) is 6.08 Å². The van der Waals surface area contributed by atoms with E-state index in [1.54, 1.807) is 17.8 Å². The second kappa shape index (κ2) is 12.4. The van der Waals surface area contributed by atoms with Crippen LogP contribution in [0.4, 0.5) is 0 Å². The highest BCUT2D eigenvalue weighted by atomic mass is 32.2. The van der Waals surface area contributed by atoms with Gasteiger partial charge in [-0.2, -0.15) is 17.0 Å². The highest BCUT2D eigenvalue weighted by molar-refractivity contribution is 7.98. The molecule has 0 heterocycles. The maximum atomic E-state index is 12.4. The Morgan fingerprint density at radius 1 is 1.00 bits per heavy atom. The van der Waals surface area contributed by atoms with E-state index in [-0.39, 0.29) is 17.1 Å². The number of aryl methyl sites for hydroxylation is 1. The standard InChI is InChI=1S/C27H26N2O3S/c28-17-23(27(32)29-18-21-10-5-2-6-11-21)14-22-15-24(26(31)25(30)16-22)19-33-13-7-12-20-8-3-1-4-9-20/h1-6,8-11,14-16,30-31H,7,12-13,18-19H2,(H,29,32). The number of thioether (sulfide) groups is 1. The number of phenolic OH excluding ortho intramolecular Hbond substituents is 2. The fourth-order valence-corrected chi connectivity index (χ4v) is 4.22. The van der Waals surface area contributed by atoms with Crippen LogP contribution in [0.2, 0.25) is 0 Å². The molecular weight excluding hydrogens is 432 g/mol. The van der Waals surface area contributed by atoms with Crippen LogP contribution in [0.1, 0.15) is 28.7 Å². The van der Waals surface area contributed by atoms with Crippen LogP contribution in [0.15, 0.2) is 78.4 Å². The third kappa shape index (κ3) is 7.44. The van der Waals surface area contributed by atoms with Gasteiger partial charge in [-0.05, 0) is 53.5 Å². The summed E-state index contributed by atoms with van der Waals surface area (Å²) in [6.45, 7) is 0.310.